The lowest BCUT2D eigenvalue weighted by atomic mass is 10.2. The highest BCUT2D eigenvalue weighted by Gasteiger charge is 2.03. The molecule has 0 fully saturated rings. The zero-order chi connectivity index (χ0) is 18.8. The first-order valence-electron chi connectivity index (χ1n) is 7.96. The molecule has 0 spiro atoms. The zero-order valence-corrected chi connectivity index (χ0v) is 16.6. The van der Waals surface area contributed by atoms with E-state index in [0.29, 0.717) is 6.54 Å². The lowest BCUT2D eigenvalue weighted by molar-refractivity contribution is 0.415. The smallest absolute Gasteiger partial charge is 0.207 e. The fraction of sp³-hybridized carbons (Fsp3) is 0.158. The minimum absolute atomic E-state index is 0.606. The Kier molecular flexibility index (Phi) is 8.06. The van der Waals surface area contributed by atoms with Crippen LogP contribution in [-0.4, -0.2) is 37.9 Å². The molecular weight excluding hydrogens is 365 g/mol. The molecule has 0 bridgehead atoms. The van der Waals surface area contributed by atoms with Crippen LogP contribution in [0.15, 0.2) is 71.3 Å². The van der Waals surface area contributed by atoms with Crippen LogP contribution in [0.4, 0.5) is 0 Å². The number of hydrazone groups is 1. The van der Waals surface area contributed by atoms with Crippen molar-refractivity contribution in [2.24, 2.45) is 10.1 Å². The number of aliphatic imine (C=N–C) groups is 1. The van der Waals surface area contributed by atoms with Crippen molar-refractivity contribution in [2.75, 3.05) is 20.7 Å². The van der Waals surface area contributed by atoms with Gasteiger partial charge in [0.1, 0.15) is 11.5 Å². The number of nitrogens with zero attached hydrogens (tertiary/aromatic N) is 3. The lowest BCUT2D eigenvalue weighted by Crippen LogP contribution is -2.03. The average Bonchev–Trinajstić information content (AvgIpc) is 2.68. The molecule has 1 atom stereocenters. The molecular formula is C19H22N3O2PS. The first-order chi connectivity index (χ1) is 12.6. The number of hydrogen-bond donors (Lipinski definition) is 0. The maximum atomic E-state index is 5.83. The molecule has 7 heteroatoms. The van der Waals surface area contributed by atoms with Crippen molar-refractivity contribution < 1.29 is 9.26 Å². The molecule has 0 saturated carbocycles. The Balaban J connectivity index is 1.91. The quantitative estimate of drug-likeness (QED) is 0.281. The van der Waals surface area contributed by atoms with Crippen LogP contribution in [0.5, 0.6) is 11.5 Å². The van der Waals surface area contributed by atoms with Crippen molar-refractivity contribution in [3.05, 3.63) is 72.3 Å². The predicted octanol–water partition coefficient (Wildman–Crippen LogP) is 4.15. The molecule has 26 heavy (non-hydrogen) atoms. The summed E-state index contributed by atoms with van der Waals surface area (Å²) >= 11 is 5.45. The Morgan fingerprint density at radius 3 is 2.19 bits per heavy atom. The molecule has 0 heterocycles. The molecule has 1 unspecified atom stereocenters. The van der Waals surface area contributed by atoms with Crippen LogP contribution >= 0.6 is 7.07 Å². The second-order valence-electron chi connectivity index (χ2n) is 5.26. The molecule has 5 nitrogen and oxygen atoms in total. The van der Waals surface area contributed by atoms with Crippen molar-refractivity contribution in [3.63, 3.8) is 0 Å². The van der Waals surface area contributed by atoms with Gasteiger partial charge in [0.15, 0.2) is 0 Å². The summed E-state index contributed by atoms with van der Waals surface area (Å²) in [4.78, 5) is 4.21. The van der Waals surface area contributed by atoms with Crippen LogP contribution in [0.3, 0.4) is 0 Å². The Bertz CT molecular complexity index is 789. The van der Waals surface area contributed by atoms with E-state index in [-0.39, 0.29) is 0 Å². The van der Waals surface area contributed by atoms with E-state index in [1.807, 2.05) is 55.6 Å². The first kappa shape index (κ1) is 19.9. The van der Waals surface area contributed by atoms with Crippen molar-refractivity contribution >= 4 is 31.3 Å². The topological polar surface area (TPSA) is 46.4 Å². The number of rotatable bonds is 9. The van der Waals surface area contributed by atoms with E-state index in [1.54, 1.807) is 30.4 Å². The summed E-state index contributed by atoms with van der Waals surface area (Å²) in [6.45, 7) is 4.24. The van der Waals surface area contributed by atoms with Gasteiger partial charge in [0.25, 0.3) is 0 Å². The van der Waals surface area contributed by atoms with E-state index >= 15 is 0 Å². The third-order valence-electron chi connectivity index (χ3n) is 3.32. The molecule has 0 aromatic heterocycles. The van der Waals surface area contributed by atoms with E-state index < -0.39 is 7.07 Å². The van der Waals surface area contributed by atoms with E-state index in [0.717, 1.165) is 22.6 Å². The van der Waals surface area contributed by atoms with E-state index in [4.69, 9.17) is 21.1 Å². The summed E-state index contributed by atoms with van der Waals surface area (Å²) in [5.74, 6) is 1.53. The summed E-state index contributed by atoms with van der Waals surface area (Å²) in [5, 5.41) is 4.37. The fourth-order valence-electron chi connectivity index (χ4n) is 1.91. The molecule has 0 aliphatic heterocycles. The lowest BCUT2D eigenvalue weighted by Gasteiger charge is -2.16. The van der Waals surface area contributed by atoms with E-state index in [9.17, 15) is 0 Å². The fourth-order valence-corrected chi connectivity index (χ4v) is 2.96. The highest BCUT2D eigenvalue weighted by Crippen LogP contribution is 2.30. The molecule has 2 aromatic rings. The van der Waals surface area contributed by atoms with Gasteiger partial charge in [-0.3, -0.25) is 4.99 Å². The van der Waals surface area contributed by atoms with Gasteiger partial charge >= 0.3 is 0 Å². The molecule has 0 saturated heterocycles. The van der Waals surface area contributed by atoms with Crippen molar-refractivity contribution in [2.45, 2.75) is 0 Å². The number of benzene rings is 2. The number of methoxy groups -OCH3 is 1. The molecule has 2 rings (SSSR count). The molecule has 0 amide bonds. The summed E-state index contributed by atoms with van der Waals surface area (Å²) in [7, 11) is 1.77. The van der Waals surface area contributed by atoms with Crippen LogP contribution < -0.4 is 9.26 Å². The number of hydrogen-bond acceptors (Lipinski definition) is 5. The number of ether oxygens (including phenoxy) is 1. The molecule has 0 aliphatic carbocycles. The third-order valence-corrected chi connectivity index (χ3v) is 5.42. The summed E-state index contributed by atoms with van der Waals surface area (Å²) in [6.07, 6.45) is 5.30. The van der Waals surface area contributed by atoms with Gasteiger partial charge in [0.05, 0.1) is 19.9 Å². The van der Waals surface area contributed by atoms with Gasteiger partial charge in [0, 0.05) is 13.3 Å². The second kappa shape index (κ2) is 10.5. The molecule has 2 aromatic carbocycles. The largest absolute Gasteiger partial charge is 0.497 e. The Labute approximate surface area is 160 Å². The van der Waals surface area contributed by atoms with Crippen LogP contribution in [0.2, 0.25) is 0 Å². The van der Waals surface area contributed by atoms with E-state index in [1.165, 1.54) is 0 Å². The monoisotopic (exact) mass is 387 g/mol. The van der Waals surface area contributed by atoms with Crippen molar-refractivity contribution in [1.82, 2.24) is 4.78 Å². The summed E-state index contributed by atoms with van der Waals surface area (Å²) in [5.41, 5.74) is 1.97. The highest BCUT2D eigenvalue weighted by molar-refractivity contribution is 8.02. The highest BCUT2D eigenvalue weighted by atomic mass is 32.4. The van der Waals surface area contributed by atoms with Crippen LogP contribution in [-0.2, 0) is 11.8 Å². The third kappa shape index (κ3) is 6.47. The zero-order valence-electron chi connectivity index (χ0n) is 14.8. The summed E-state index contributed by atoms with van der Waals surface area (Å²) < 4.78 is 12.7. The minimum atomic E-state index is -1.69. The first-order valence-corrected chi connectivity index (χ1v) is 10.5. The van der Waals surface area contributed by atoms with Crippen molar-refractivity contribution in [3.8, 4) is 11.5 Å². The Hall–Kier alpha value is -2.43. The maximum Gasteiger partial charge on any atom is 0.207 e. The van der Waals surface area contributed by atoms with Crippen molar-refractivity contribution in [1.29, 1.82) is 0 Å². The van der Waals surface area contributed by atoms with Gasteiger partial charge < -0.3 is 9.26 Å². The van der Waals surface area contributed by atoms with Crippen LogP contribution in [0, 0.1) is 0 Å². The molecule has 0 N–H and O–H groups in total. The van der Waals surface area contributed by atoms with Gasteiger partial charge in [-0.2, -0.15) is 5.10 Å². The average molecular weight is 387 g/mol. The normalized spacial score (nSPS) is 12.2. The standard InChI is InChI=1S/C19H22N3O2PS/c1-4-13-20-14-16-7-11-19(12-8-16)24-25(26)22(2)21-15-17-5-9-18(23-3)10-6-17/h4-12,14-15,25H,1,13H2,2-3H3/b20-14-,21-15+. The van der Waals surface area contributed by atoms with Gasteiger partial charge in [-0.1, -0.05) is 6.08 Å². The van der Waals surface area contributed by atoms with Gasteiger partial charge in [-0.15, -0.1) is 6.58 Å². The van der Waals surface area contributed by atoms with Gasteiger partial charge in [-0.25, -0.2) is 4.78 Å². The predicted molar refractivity (Wildman–Crippen MR) is 114 cm³/mol. The second-order valence-corrected chi connectivity index (χ2v) is 7.69. The Morgan fingerprint density at radius 1 is 1.04 bits per heavy atom. The maximum absolute atomic E-state index is 5.83. The van der Waals surface area contributed by atoms with E-state index in [2.05, 4.69) is 16.7 Å². The molecule has 0 radical (unpaired) electrons. The van der Waals surface area contributed by atoms with Gasteiger partial charge in [0.2, 0.25) is 7.07 Å². The van der Waals surface area contributed by atoms with Crippen LogP contribution in [0.25, 0.3) is 0 Å². The molecule has 136 valence electrons. The van der Waals surface area contributed by atoms with Gasteiger partial charge in [-0.05, 0) is 71.5 Å². The minimum Gasteiger partial charge on any atom is -0.497 e. The van der Waals surface area contributed by atoms with Crippen LogP contribution in [0.1, 0.15) is 11.1 Å². The SMILES string of the molecule is C=CC/N=C\c1ccc(O[PH](=S)N(C)/N=C/c2ccc(OC)cc2)cc1. The summed E-state index contributed by atoms with van der Waals surface area (Å²) in [6, 6.07) is 15.3. The molecule has 0 aliphatic rings. The Morgan fingerprint density at radius 2 is 1.62 bits per heavy atom.